The fourth-order valence-electron chi connectivity index (χ4n) is 2.21. The minimum Gasteiger partial charge on any atom is -0.341 e. The highest BCUT2D eigenvalue weighted by atomic mass is 35.5. The van der Waals surface area contributed by atoms with E-state index in [-0.39, 0.29) is 0 Å². The van der Waals surface area contributed by atoms with Gasteiger partial charge in [-0.2, -0.15) is 0 Å². The summed E-state index contributed by atoms with van der Waals surface area (Å²) in [5, 5.41) is 1.73. The van der Waals surface area contributed by atoms with Gasteiger partial charge in [0, 0.05) is 17.8 Å². The van der Waals surface area contributed by atoms with Gasteiger partial charge in [-0.3, -0.25) is 4.98 Å². The molecule has 20 heavy (non-hydrogen) atoms. The molecule has 0 radical (unpaired) electrons. The second-order valence-electron chi connectivity index (χ2n) is 4.54. The number of benzene rings is 1. The van der Waals surface area contributed by atoms with Crippen LogP contribution in [0.15, 0.2) is 47.6 Å². The van der Waals surface area contributed by atoms with Crippen molar-refractivity contribution >= 4 is 34.2 Å². The summed E-state index contributed by atoms with van der Waals surface area (Å²) in [6, 6.07) is 11.7. The van der Waals surface area contributed by atoms with Crippen molar-refractivity contribution in [2.75, 3.05) is 6.26 Å². The van der Waals surface area contributed by atoms with Crippen LogP contribution < -0.4 is 0 Å². The molecule has 1 aliphatic heterocycles. The van der Waals surface area contributed by atoms with E-state index in [0.717, 1.165) is 34.7 Å². The molecule has 0 saturated carbocycles. The maximum Gasteiger partial charge on any atom is 0.164 e. The molecule has 0 fully saturated rings. The van der Waals surface area contributed by atoms with E-state index in [1.54, 1.807) is 11.8 Å². The number of thioether (sulfide) groups is 1. The lowest BCUT2D eigenvalue weighted by Crippen LogP contribution is -2.22. The maximum atomic E-state index is 5.90. The van der Waals surface area contributed by atoms with Gasteiger partial charge in [0.05, 0.1) is 17.9 Å². The molecule has 1 aromatic carbocycles. The van der Waals surface area contributed by atoms with E-state index in [9.17, 15) is 0 Å². The molecule has 3 rings (SSSR count). The number of fused-ring (bicyclic) bond motifs is 1. The first kappa shape index (κ1) is 13.5. The zero-order valence-electron chi connectivity index (χ0n) is 11.1. The van der Waals surface area contributed by atoms with E-state index in [2.05, 4.69) is 16.0 Å². The summed E-state index contributed by atoms with van der Waals surface area (Å²) in [7, 11) is 0. The molecule has 2 aromatic rings. The Bertz CT molecular complexity index is 615. The maximum absolute atomic E-state index is 5.90. The Balaban J connectivity index is 1.83. The molecule has 102 valence electrons. The number of rotatable bonds is 1. The van der Waals surface area contributed by atoms with Crippen LogP contribution in [0.25, 0.3) is 0 Å². The van der Waals surface area contributed by atoms with Gasteiger partial charge in [-0.05, 0) is 42.2 Å². The highest BCUT2D eigenvalue weighted by molar-refractivity contribution is 8.13. The van der Waals surface area contributed by atoms with Crippen molar-refractivity contribution in [3.05, 3.63) is 58.9 Å². The van der Waals surface area contributed by atoms with Crippen LogP contribution in [0.2, 0.25) is 5.02 Å². The number of pyridine rings is 1. The molecular formula is C15H14ClN3S. The molecule has 0 aliphatic carbocycles. The topological polar surface area (TPSA) is 28.5 Å². The van der Waals surface area contributed by atoms with Crippen LogP contribution in [0, 0.1) is 0 Å². The van der Waals surface area contributed by atoms with Crippen molar-refractivity contribution in [2.45, 2.75) is 13.1 Å². The Morgan fingerprint density at radius 3 is 2.75 bits per heavy atom. The van der Waals surface area contributed by atoms with Gasteiger partial charge in [0.25, 0.3) is 0 Å². The molecule has 1 aliphatic rings. The number of hydrogen-bond acceptors (Lipinski definition) is 3. The fourth-order valence-corrected chi connectivity index (χ4v) is 2.92. The monoisotopic (exact) mass is 303 g/mol. The van der Waals surface area contributed by atoms with Gasteiger partial charge in [-0.15, -0.1) is 0 Å². The zero-order valence-corrected chi connectivity index (χ0v) is 12.7. The molecule has 1 aromatic heterocycles. The number of aromatic nitrogens is 1. The van der Waals surface area contributed by atoms with Crippen molar-refractivity contribution in [3.63, 3.8) is 0 Å². The van der Waals surface area contributed by atoms with Crippen molar-refractivity contribution in [3.8, 4) is 0 Å². The standard InChI is InChI=1S/C15H14ClN3S/c1-20-15(18-13-6-4-12(16)5-7-13)19-9-11-3-2-8-17-14(11)10-19/h2-8H,9-10H2,1H3. The summed E-state index contributed by atoms with van der Waals surface area (Å²) in [4.78, 5) is 11.4. The van der Waals surface area contributed by atoms with Crippen LogP contribution in [-0.4, -0.2) is 21.3 Å². The SMILES string of the molecule is CSC(=Nc1ccc(Cl)cc1)N1Cc2cccnc2C1. The molecule has 0 saturated heterocycles. The Morgan fingerprint density at radius 2 is 2.05 bits per heavy atom. The first-order valence-electron chi connectivity index (χ1n) is 6.32. The quantitative estimate of drug-likeness (QED) is 0.586. The first-order valence-corrected chi connectivity index (χ1v) is 7.92. The van der Waals surface area contributed by atoms with Crippen molar-refractivity contribution in [1.29, 1.82) is 0 Å². The molecule has 5 heteroatoms. The van der Waals surface area contributed by atoms with Gasteiger partial charge >= 0.3 is 0 Å². The van der Waals surface area contributed by atoms with E-state index < -0.39 is 0 Å². The molecular weight excluding hydrogens is 290 g/mol. The summed E-state index contributed by atoms with van der Waals surface area (Å²) in [5.74, 6) is 0. The summed E-state index contributed by atoms with van der Waals surface area (Å²) in [6.45, 7) is 1.69. The Kier molecular flexibility index (Phi) is 3.94. The van der Waals surface area contributed by atoms with E-state index in [1.165, 1.54) is 5.56 Å². The minimum atomic E-state index is 0.729. The largest absolute Gasteiger partial charge is 0.341 e. The first-order chi connectivity index (χ1) is 9.76. The number of nitrogens with zero attached hydrogens (tertiary/aromatic N) is 3. The third-order valence-electron chi connectivity index (χ3n) is 3.19. The Hall–Kier alpha value is -1.52. The molecule has 3 nitrogen and oxygen atoms in total. The summed E-state index contributed by atoms with van der Waals surface area (Å²) in [5.41, 5.74) is 3.35. The highest BCUT2D eigenvalue weighted by Crippen LogP contribution is 2.25. The smallest absolute Gasteiger partial charge is 0.164 e. The predicted molar refractivity (Wildman–Crippen MR) is 85.5 cm³/mol. The van der Waals surface area contributed by atoms with Crippen LogP contribution in [0.3, 0.4) is 0 Å². The lowest BCUT2D eigenvalue weighted by Gasteiger charge is -2.17. The molecule has 0 bridgehead atoms. The summed E-state index contributed by atoms with van der Waals surface area (Å²) >= 11 is 7.55. The number of halogens is 1. The van der Waals surface area contributed by atoms with Crippen molar-refractivity contribution in [2.24, 2.45) is 4.99 Å². The van der Waals surface area contributed by atoms with Gasteiger partial charge in [-0.1, -0.05) is 29.4 Å². The number of hydrogen-bond donors (Lipinski definition) is 0. The van der Waals surface area contributed by atoms with E-state index in [1.807, 2.05) is 42.8 Å². The summed E-state index contributed by atoms with van der Waals surface area (Å²) in [6.07, 6.45) is 3.89. The van der Waals surface area contributed by atoms with Gasteiger partial charge in [0.1, 0.15) is 0 Å². The lowest BCUT2D eigenvalue weighted by molar-refractivity contribution is 0.454. The van der Waals surface area contributed by atoms with Gasteiger partial charge in [0.2, 0.25) is 0 Å². The Labute approximate surface area is 127 Å². The molecule has 0 unspecified atom stereocenters. The average molecular weight is 304 g/mol. The molecule has 0 spiro atoms. The lowest BCUT2D eigenvalue weighted by atomic mass is 10.2. The zero-order chi connectivity index (χ0) is 13.9. The second kappa shape index (κ2) is 5.85. The van der Waals surface area contributed by atoms with Gasteiger partial charge in [-0.25, -0.2) is 4.99 Å². The number of aliphatic imine (C=N–C) groups is 1. The van der Waals surface area contributed by atoms with Gasteiger partial charge in [0.15, 0.2) is 5.17 Å². The Morgan fingerprint density at radius 1 is 1.25 bits per heavy atom. The molecule has 2 heterocycles. The van der Waals surface area contributed by atoms with Crippen LogP contribution in [0.5, 0.6) is 0 Å². The fraction of sp³-hybridized carbons (Fsp3) is 0.200. The third-order valence-corrected chi connectivity index (χ3v) is 4.16. The molecule has 0 N–H and O–H groups in total. The summed E-state index contributed by atoms with van der Waals surface area (Å²) < 4.78 is 0. The number of amidine groups is 1. The van der Waals surface area contributed by atoms with Gasteiger partial charge < -0.3 is 4.90 Å². The van der Waals surface area contributed by atoms with Crippen molar-refractivity contribution < 1.29 is 0 Å². The average Bonchev–Trinajstić information content (AvgIpc) is 2.90. The van der Waals surface area contributed by atoms with E-state index in [0.29, 0.717) is 0 Å². The second-order valence-corrected chi connectivity index (χ2v) is 5.75. The molecule has 0 atom stereocenters. The van der Waals surface area contributed by atoms with Crippen molar-refractivity contribution in [1.82, 2.24) is 9.88 Å². The van der Waals surface area contributed by atoms with Crippen LogP contribution >= 0.6 is 23.4 Å². The van der Waals surface area contributed by atoms with E-state index >= 15 is 0 Å². The predicted octanol–water partition coefficient (Wildman–Crippen LogP) is 4.10. The van der Waals surface area contributed by atoms with Crippen LogP contribution in [0.1, 0.15) is 11.3 Å². The minimum absolute atomic E-state index is 0.729. The molecule has 0 amide bonds. The normalized spacial score (nSPS) is 14.5. The van der Waals surface area contributed by atoms with E-state index in [4.69, 9.17) is 16.6 Å². The van der Waals surface area contributed by atoms with Crippen LogP contribution in [0.4, 0.5) is 5.69 Å². The third kappa shape index (κ3) is 2.81. The van der Waals surface area contributed by atoms with Crippen LogP contribution in [-0.2, 0) is 13.1 Å². The highest BCUT2D eigenvalue weighted by Gasteiger charge is 2.22.